The van der Waals surface area contributed by atoms with Crippen LogP contribution in [0.3, 0.4) is 0 Å². The number of carbonyl (C=O) groups is 1. The van der Waals surface area contributed by atoms with Crippen molar-refractivity contribution in [2.24, 2.45) is 11.7 Å². The molecule has 0 aromatic carbocycles. The summed E-state index contributed by atoms with van der Waals surface area (Å²) in [6.07, 6.45) is 4.04. The number of methoxy groups -OCH3 is 1. The van der Waals surface area contributed by atoms with E-state index in [0.29, 0.717) is 31.2 Å². The molecule has 1 atom stereocenters. The molecule has 0 bridgehead atoms. The molecule has 1 aromatic heterocycles. The maximum absolute atomic E-state index is 11.8. The molecule has 1 amide bonds. The molecular weight excluding hydrogens is 232 g/mol. The van der Waals surface area contributed by atoms with Crippen molar-refractivity contribution >= 4 is 11.6 Å². The van der Waals surface area contributed by atoms with E-state index >= 15 is 0 Å². The summed E-state index contributed by atoms with van der Waals surface area (Å²) >= 11 is 0. The summed E-state index contributed by atoms with van der Waals surface area (Å²) in [6.45, 7) is 5.32. The van der Waals surface area contributed by atoms with Gasteiger partial charge in [0.25, 0.3) is 0 Å². The molecule has 1 aromatic rings. The van der Waals surface area contributed by atoms with E-state index < -0.39 is 6.04 Å². The number of anilines is 1. The van der Waals surface area contributed by atoms with Crippen molar-refractivity contribution in [2.75, 3.05) is 19.0 Å². The van der Waals surface area contributed by atoms with Crippen LogP contribution in [-0.4, -0.2) is 35.4 Å². The molecule has 0 unspecified atom stereocenters. The van der Waals surface area contributed by atoms with E-state index in [4.69, 9.17) is 10.5 Å². The first-order valence-corrected chi connectivity index (χ1v) is 6.10. The van der Waals surface area contributed by atoms with Crippen LogP contribution in [0.5, 0.6) is 0 Å². The number of nitrogens with zero attached hydrogens (tertiary/aromatic N) is 2. The third-order valence-corrected chi connectivity index (χ3v) is 2.49. The van der Waals surface area contributed by atoms with Crippen LogP contribution >= 0.6 is 0 Å². The summed E-state index contributed by atoms with van der Waals surface area (Å²) in [5.74, 6) is 0.227. The molecule has 0 aliphatic carbocycles. The Balaban J connectivity index is 2.46. The summed E-state index contributed by atoms with van der Waals surface area (Å²) in [6, 6.07) is -0.479. The van der Waals surface area contributed by atoms with Gasteiger partial charge in [-0.25, -0.2) is 0 Å². The van der Waals surface area contributed by atoms with E-state index in [2.05, 4.69) is 10.4 Å². The fraction of sp³-hybridized carbons (Fsp3) is 0.667. The minimum absolute atomic E-state index is 0.171. The van der Waals surface area contributed by atoms with Crippen molar-refractivity contribution in [1.29, 1.82) is 0 Å². The Labute approximate surface area is 107 Å². The molecule has 0 fully saturated rings. The van der Waals surface area contributed by atoms with Crippen LogP contribution in [0.1, 0.15) is 20.3 Å². The normalized spacial score (nSPS) is 12.7. The zero-order valence-electron chi connectivity index (χ0n) is 11.2. The summed E-state index contributed by atoms with van der Waals surface area (Å²) in [4.78, 5) is 11.8. The van der Waals surface area contributed by atoms with Gasteiger partial charge in [0.05, 0.1) is 31.1 Å². The molecular formula is C12H22N4O2. The number of nitrogens with one attached hydrogen (secondary N) is 1. The molecule has 0 radical (unpaired) electrons. The first kappa shape index (κ1) is 14.7. The first-order valence-electron chi connectivity index (χ1n) is 6.10. The number of hydrogen-bond acceptors (Lipinski definition) is 4. The Morgan fingerprint density at radius 1 is 1.61 bits per heavy atom. The van der Waals surface area contributed by atoms with E-state index in [9.17, 15) is 4.79 Å². The van der Waals surface area contributed by atoms with Crippen LogP contribution in [0.25, 0.3) is 0 Å². The van der Waals surface area contributed by atoms with E-state index in [1.54, 1.807) is 24.2 Å². The van der Waals surface area contributed by atoms with Crippen molar-refractivity contribution in [1.82, 2.24) is 9.78 Å². The highest BCUT2D eigenvalue weighted by molar-refractivity contribution is 5.94. The highest BCUT2D eigenvalue weighted by Crippen LogP contribution is 2.08. The van der Waals surface area contributed by atoms with Crippen molar-refractivity contribution in [3.05, 3.63) is 12.4 Å². The van der Waals surface area contributed by atoms with Gasteiger partial charge >= 0.3 is 0 Å². The number of rotatable bonds is 7. The molecule has 1 heterocycles. The van der Waals surface area contributed by atoms with Gasteiger partial charge in [-0.15, -0.1) is 0 Å². The lowest BCUT2D eigenvalue weighted by atomic mass is 10.0. The summed E-state index contributed by atoms with van der Waals surface area (Å²) in [7, 11) is 1.64. The molecule has 102 valence electrons. The second-order valence-corrected chi connectivity index (χ2v) is 4.71. The van der Waals surface area contributed by atoms with Crippen LogP contribution < -0.4 is 11.1 Å². The van der Waals surface area contributed by atoms with Gasteiger partial charge in [0, 0.05) is 13.3 Å². The van der Waals surface area contributed by atoms with Crippen LogP contribution in [0.2, 0.25) is 0 Å². The molecule has 6 nitrogen and oxygen atoms in total. The van der Waals surface area contributed by atoms with Gasteiger partial charge in [-0.1, -0.05) is 13.8 Å². The van der Waals surface area contributed by atoms with Crippen molar-refractivity contribution in [3.8, 4) is 0 Å². The molecule has 1 rings (SSSR count). The minimum atomic E-state index is -0.479. The van der Waals surface area contributed by atoms with Gasteiger partial charge in [0.15, 0.2) is 0 Å². The van der Waals surface area contributed by atoms with Gasteiger partial charge in [0.1, 0.15) is 0 Å². The third-order valence-electron chi connectivity index (χ3n) is 2.49. The molecule has 18 heavy (non-hydrogen) atoms. The van der Waals surface area contributed by atoms with E-state index in [1.807, 2.05) is 13.8 Å². The Bertz CT molecular complexity index is 376. The fourth-order valence-electron chi connectivity index (χ4n) is 1.59. The molecule has 0 aliphatic heterocycles. The standard InChI is InChI=1S/C12H22N4O2/c1-9(2)6-11(13)12(17)15-10-7-14-16(8-10)4-5-18-3/h7-9,11H,4-6,13H2,1-3H3,(H,15,17)/t11-/m1/s1. The van der Waals surface area contributed by atoms with E-state index in [1.165, 1.54) is 0 Å². The average Bonchev–Trinajstić information content (AvgIpc) is 2.73. The molecule has 0 saturated carbocycles. The maximum Gasteiger partial charge on any atom is 0.241 e. The molecule has 3 N–H and O–H groups in total. The van der Waals surface area contributed by atoms with Crippen molar-refractivity contribution in [2.45, 2.75) is 32.9 Å². The van der Waals surface area contributed by atoms with Gasteiger partial charge < -0.3 is 15.8 Å². The zero-order valence-corrected chi connectivity index (χ0v) is 11.2. The van der Waals surface area contributed by atoms with E-state index in [0.717, 1.165) is 0 Å². The molecule has 6 heteroatoms. The summed E-state index contributed by atoms with van der Waals surface area (Å²) in [5.41, 5.74) is 6.46. The smallest absolute Gasteiger partial charge is 0.241 e. The Kier molecular flexibility index (Phi) is 5.80. The van der Waals surface area contributed by atoms with Gasteiger partial charge in [-0.3, -0.25) is 9.48 Å². The predicted octanol–water partition coefficient (Wildman–Crippen LogP) is 0.841. The minimum Gasteiger partial charge on any atom is -0.383 e. The molecule has 0 spiro atoms. The SMILES string of the molecule is COCCn1cc(NC(=O)[C@H](N)CC(C)C)cn1. The second-order valence-electron chi connectivity index (χ2n) is 4.71. The Morgan fingerprint density at radius 3 is 2.94 bits per heavy atom. The lowest BCUT2D eigenvalue weighted by molar-refractivity contribution is -0.117. The fourth-order valence-corrected chi connectivity index (χ4v) is 1.59. The third kappa shape index (κ3) is 4.85. The van der Waals surface area contributed by atoms with Gasteiger partial charge in [0.2, 0.25) is 5.91 Å². The van der Waals surface area contributed by atoms with Crippen LogP contribution in [0.4, 0.5) is 5.69 Å². The number of aromatic nitrogens is 2. The van der Waals surface area contributed by atoms with Crippen LogP contribution in [-0.2, 0) is 16.1 Å². The quantitative estimate of drug-likeness (QED) is 0.755. The zero-order chi connectivity index (χ0) is 13.5. The highest BCUT2D eigenvalue weighted by atomic mass is 16.5. The first-order chi connectivity index (χ1) is 8.52. The lowest BCUT2D eigenvalue weighted by Gasteiger charge is -2.12. The Morgan fingerprint density at radius 2 is 2.33 bits per heavy atom. The predicted molar refractivity (Wildman–Crippen MR) is 70.2 cm³/mol. The largest absolute Gasteiger partial charge is 0.383 e. The van der Waals surface area contributed by atoms with Crippen molar-refractivity contribution in [3.63, 3.8) is 0 Å². The molecule has 0 saturated heterocycles. The highest BCUT2D eigenvalue weighted by Gasteiger charge is 2.15. The van der Waals surface area contributed by atoms with Crippen LogP contribution in [0, 0.1) is 5.92 Å². The topological polar surface area (TPSA) is 82.2 Å². The van der Waals surface area contributed by atoms with Crippen LogP contribution in [0.15, 0.2) is 12.4 Å². The average molecular weight is 254 g/mol. The monoisotopic (exact) mass is 254 g/mol. The second kappa shape index (κ2) is 7.13. The summed E-state index contributed by atoms with van der Waals surface area (Å²) < 4.78 is 6.67. The number of carbonyl (C=O) groups excluding carboxylic acids is 1. The maximum atomic E-state index is 11.8. The number of ether oxygens (including phenoxy) is 1. The Hall–Kier alpha value is -1.40. The molecule has 0 aliphatic rings. The summed E-state index contributed by atoms with van der Waals surface area (Å²) in [5, 5.41) is 6.86. The van der Waals surface area contributed by atoms with Crippen molar-refractivity contribution < 1.29 is 9.53 Å². The van der Waals surface area contributed by atoms with E-state index in [-0.39, 0.29) is 5.91 Å². The van der Waals surface area contributed by atoms with Gasteiger partial charge in [-0.05, 0) is 12.3 Å². The lowest BCUT2D eigenvalue weighted by Crippen LogP contribution is -2.36. The number of hydrogen-bond donors (Lipinski definition) is 2. The van der Waals surface area contributed by atoms with Gasteiger partial charge in [-0.2, -0.15) is 5.10 Å². The number of nitrogens with two attached hydrogens (primary N) is 1. The number of amides is 1.